The van der Waals surface area contributed by atoms with Crippen LogP contribution in [0, 0.1) is 23.7 Å². The fourth-order valence-electron chi connectivity index (χ4n) is 1.73. The van der Waals surface area contributed by atoms with Crippen LogP contribution < -0.4 is 0 Å². The van der Waals surface area contributed by atoms with Gasteiger partial charge in [-0.1, -0.05) is 0 Å². The van der Waals surface area contributed by atoms with Crippen molar-refractivity contribution in [3.63, 3.8) is 0 Å². The molecule has 1 fully saturated rings. The number of carbonyl (C=O) groups excluding carboxylic acids is 2. The normalized spacial score (nSPS) is 23.8. The highest BCUT2D eigenvalue weighted by Gasteiger charge is 2.46. The Bertz CT molecular complexity index is 267. The number of carbonyl (C=O) groups is 2. The second-order valence-electron chi connectivity index (χ2n) is 3.79. The zero-order valence-electron chi connectivity index (χ0n) is 8.09. The van der Waals surface area contributed by atoms with Gasteiger partial charge in [-0.05, 0) is 20.3 Å². The van der Waals surface area contributed by atoms with Gasteiger partial charge < -0.3 is 0 Å². The molecule has 1 aliphatic carbocycles. The first-order valence-corrected chi connectivity index (χ1v) is 4.56. The van der Waals surface area contributed by atoms with Crippen LogP contribution in [-0.4, -0.2) is 11.6 Å². The Hall–Kier alpha value is -1.10. The topological polar surface area (TPSA) is 34.1 Å². The Kier molecular flexibility index (Phi) is 2.56. The third-order valence-electron chi connectivity index (χ3n) is 3.08. The standard InChI is InChI=1S/C11H14O2/c1-4-8(2)11(3)9(12)6-5-7-10(11)13/h1,8H,5-7H2,2-3H3/t8-/m1/s1. The fourth-order valence-corrected chi connectivity index (χ4v) is 1.73. The number of ketones is 2. The van der Waals surface area contributed by atoms with Crippen molar-refractivity contribution in [3.8, 4) is 12.3 Å². The van der Waals surface area contributed by atoms with E-state index in [-0.39, 0.29) is 17.5 Å². The minimum Gasteiger partial charge on any atom is -0.299 e. The van der Waals surface area contributed by atoms with E-state index in [0.717, 1.165) is 0 Å². The Labute approximate surface area is 78.7 Å². The third-order valence-corrected chi connectivity index (χ3v) is 3.08. The summed E-state index contributed by atoms with van der Waals surface area (Å²) in [6.07, 6.45) is 6.93. The van der Waals surface area contributed by atoms with Crippen LogP contribution in [0.5, 0.6) is 0 Å². The van der Waals surface area contributed by atoms with Gasteiger partial charge in [0.1, 0.15) is 11.6 Å². The molecule has 0 unspecified atom stereocenters. The first kappa shape index (κ1) is 9.98. The van der Waals surface area contributed by atoms with E-state index in [1.165, 1.54) is 0 Å². The van der Waals surface area contributed by atoms with Crippen LogP contribution in [0.4, 0.5) is 0 Å². The lowest BCUT2D eigenvalue weighted by Gasteiger charge is -2.33. The van der Waals surface area contributed by atoms with E-state index in [2.05, 4.69) is 5.92 Å². The van der Waals surface area contributed by atoms with Crippen LogP contribution in [-0.2, 0) is 9.59 Å². The SMILES string of the molecule is C#C[C@@H](C)C1(C)C(=O)CCCC1=O. The maximum absolute atomic E-state index is 11.6. The molecule has 0 N–H and O–H groups in total. The summed E-state index contributed by atoms with van der Waals surface area (Å²) in [5.74, 6) is 2.23. The molecule has 1 aliphatic rings. The van der Waals surface area contributed by atoms with Gasteiger partial charge in [-0.25, -0.2) is 0 Å². The van der Waals surface area contributed by atoms with E-state index < -0.39 is 5.41 Å². The molecule has 1 rings (SSSR count). The molecule has 2 heteroatoms. The number of Topliss-reactive ketones (excluding diaryl/α,β-unsaturated/α-hetero) is 2. The molecule has 1 atom stereocenters. The van der Waals surface area contributed by atoms with E-state index in [1.54, 1.807) is 13.8 Å². The smallest absolute Gasteiger partial charge is 0.147 e. The number of rotatable bonds is 1. The van der Waals surface area contributed by atoms with Gasteiger partial charge in [-0.15, -0.1) is 12.3 Å². The molecule has 0 aromatic heterocycles. The highest BCUT2D eigenvalue weighted by Crippen LogP contribution is 2.36. The minimum absolute atomic E-state index is 0.00852. The van der Waals surface area contributed by atoms with E-state index in [4.69, 9.17) is 6.42 Å². The molecule has 0 amide bonds. The van der Waals surface area contributed by atoms with Crippen LogP contribution >= 0.6 is 0 Å². The predicted octanol–water partition coefficient (Wildman–Crippen LogP) is 1.58. The van der Waals surface area contributed by atoms with Crippen molar-refractivity contribution >= 4 is 11.6 Å². The maximum Gasteiger partial charge on any atom is 0.147 e. The lowest BCUT2D eigenvalue weighted by atomic mass is 9.66. The summed E-state index contributed by atoms with van der Waals surface area (Å²) in [6, 6.07) is 0. The van der Waals surface area contributed by atoms with Crippen molar-refractivity contribution in [2.24, 2.45) is 11.3 Å². The van der Waals surface area contributed by atoms with Crippen molar-refractivity contribution in [1.29, 1.82) is 0 Å². The minimum atomic E-state index is -0.910. The highest BCUT2D eigenvalue weighted by atomic mass is 16.2. The average molecular weight is 178 g/mol. The first-order valence-electron chi connectivity index (χ1n) is 4.56. The third kappa shape index (κ3) is 1.39. The van der Waals surface area contributed by atoms with Gasteiger partial charge in [0.2, 0.25) is 0 Å². The summed E-state index contributed by atoms with van der Waals surface area (Å²) >= 11 is 0. The van der Waals surface area contributed by atoms with Gasteiger partial charge in [0, 0.05) is 18.8 Å². The molecular weight excluding hydrogens is 164 g/mol. The Balaban J connectivity index is 3.02. The molecule has 2 nitrogen and oxygen atoms in total. The van der Waals surface area contributed by atoms with E-state index in [9.17, 15) is 9.59 Å². The molecule has 13 heavy (non-hydrogen) atoms. The molecule has 1 saturated carbocycles. The van der Waals surface area contributed by atoms with Crippen molar-refractivity contribution in [2.45, 2.75) is 33.1 Å². The molecule has 0 heterocycles. The monoisotopic (exact) mass is 178 g/mol. The summed E-state index contributed by atoms with van der Waals surface area (Å²) in [6.45, 7) is 3.45. The molecule has 0 aromatic rings. The number of hydrogen-bond acceptors (Lipinski definition) is 2. The molecule has 0 spiro atoms. The summed E-state index contributed by atoms with van der Waals surface area (Å²) in [4.78, 5) is 23.2. The van der Waals surface area contributed by atoms with Gasteiger partial charge in [-0.3, -0.25) is 9.59 Å². The predicted molar refractivity (Wildman–Crippen MR) is 50.0 cm³/mol. The summed E-state index contributed by atoms with van der Waals surface area (Å²) in [5.41, 5.74) is -0.910. The molecule has 0 radical (unpaired) electrons. The molecule has 0 aromatic carbocycles. The maximum atomic E-state index is 11.6. The Morgan fingerprint density at radius 3 is 2.23 bits per heavy atom. The molecule has 70 valence electrons. The largest absolute Gasteiger partial charge is 0.299 e. The van der Waals surface area contributed by atoms with Crippen molar-refractivity contribution < 1.29 is 9.59 Å². The average Bonchev–Trinajstić information content (AvgIpc) is 2.12. The Morgan fingerprint density at radius 1 is 1.38 bits per heavy atom. The second-order valence-corrected chi connectivity index (χ2v) is 3.79. The number of hydrogen-bond donors (Lipinski definition) is 0. The van der Waals surface area contributed by atoms with Crippen LogP contribution in [0.1, 0.15) is 33.1 Å². The van der Waals surface area contributed by atoms with Crippen molar-refractivity contribution in [2.75, 3.05) is 0 Å². The van der Waals surface area contributed by atoms with E-state index in [1.807, 2.05) is 0 Å². The molecule has 0 saturated heterocycles. The van der Waals surface area contributed by atoms with Crippen LogP contribution in [0.15, 0.2) is 0 Å². The first-order chi connectivity index (χ1) is 6.03. The van der Waals surface area contributed by atoms with Crippen molar-refractivity contribution in [3.05, 3.63) is 0 Å². The van der Waals surface area contributed by atoms with E-state index >= 15 is 0 Å². The molecule has 0 bridgehead atoms. The van der Waals surface area contributed by atoms with Crippen molar-refractivity contribution in [1.82, 2.24) is 0 Å². The quantitative estimate of drug-likeness (QED) is 0.451. The van der Waals surface area contributed by atoms with Gasteiger partial charge >= 0.3 is 0 Å². The Morgan fingerprint density at radius 2 is 1.85 bits per heavy atom. The summed E-state index contributed by atoms with van der Waals surface area (Å²) in [5, 5.41) is 0. The summed E-state index contributed by atoms with van der Waals surface area (Å²) in [7, 11) is 0. The lowest BCUT2D eigenvalue weighted by molar-refractivity contribution is -0.144. The van der Waals surface area contributed by atoms with Gasteiger partial charge in [0.15, 0.2) is 0 Å². The zero-order valence-corrected chi connectivity index (χ0v) is 8.09. The second kappa shape index (κ2) is 3.33. The van der Waals surface area contributed by atoms with Crippen LogP contribution in [0.2, 0.25) is 0 Å². The molecule has 0 aliphatic heterocycles. The van der Waals surface area contributed by atoms with Gasteiger partial charge in [0.25, 0.3) is 0 Å². The number of terminal acetylenes is 1. The lowest BCUT2D eigenvalue weighted by Crippen LogP contribution is -2.44. The van der Waals surface area contributed by atoms with Crippen LogP contribution in [0.3, 0.4) is 0 Å². The highest BCUT2D eigenvalue weighted by molar-refractivity contribution is 6.09. The van der Waals surface area contributed by atoms with Gasteiger partial charge in [-0.2, -0.15) is 0 Å². The van der Waals surface area contributed by atoms with Gasteiger partial charge in [0.05, 0.1) is 5.41 Å². The summed E-state index contributed by atoms with van der Waals surface area (Å²) < 4.78 is 0. The zero-order chi connectivity index (χ0) is 10.1. The van der Waals surface area contributed by atoms with E-state index in [0.29, 0.717) is 19.3 Å². The van der Waals surface area contributed by atoms with Crippen LogP contribution in [0.25, 0.3) is 0 Å². The fraction of sp³-hybridized carbons (Fsp3) is 0.636. The molecular formula is C11H14O2.